The van der Waals surface area contributed by atoms with Crippen LogP contribution in [0.3, 0.4) is 0 Å². The van der Waals surface area contributed by atoms with Crippen LogP contribution in [0, 0.1) is 17.3 Å². The molecule has 4 rings (SSSR count). The number of aliphatic carboxylic acids is 1. The lowest BCUT2D eigenvalue weighted by Gasteiger charge is -2.50. The summed E-state index contributed by atoms with van der Waals surface area (Å²) in [5.74, 6) is 1.65. The second-order valence-corrected chi connectivity index (χ2v) is 10.7. The van der Waals surface area contributed by atoms with Crippen molar-refractivity contribution in [2.45, 2.75) is 109 Å². The number of carboxylic acid groups (broad SMARTS) is 1. The first-order valence-corrected chi connectivity index (χ1v) is 13.3. The zero-order chi connectivity index (χ0) is 23.8. The summed E-state index contributed by atoms with van der Waals surface area (Å²) in [5.41, 5.74) is 2.99. The normalized spacial score (nSPS) is 30.2. The highest BCUT2D eigenvalue weighted by atomic mass is 16.4. The van der Waals surface area contributed by atoms with Gasteiger partial charge >= 0.3 is 5.97 Å². The number of rotatable bonds is 8. The molecule has 1 aromatic carbocycles. The molecule has 0 aliphatic heterocycles. The van der Waals surface area contributed by atoms with Crippen molar-refractivity contribution in [3.63, 3.8) is 0 Å². The van der Waals surface area contributed by atoms with Gasteiger partial charge in [0.15, 0.2) is 0 Å². The van der Waals surface area contributed by atoms with E-state index >= 15 is 0 Å². The lowest BCUT2D eigenvalue weighted by Crippen LogP contribution is -2.43. The van der Waals surface area contributed by atoms with E-state index in [9.17, 15) is 15.0 Å². The molecule has 3 aliphatic rings. The van der Waals surface area contributed by atoms with Crippen LogP contribution in [-0.2, 0) is 11.2 Å². The third-order valence-corrected chi connectivity index (χ3v) is 8.64. The molecule has 1 aromatic rings. The number of unbranched alkanes of at least 4 members (excludes halogenated alkanes) is 6. The molecule has 4 nitrogen and oxygen atoms in total. The van der Waals surface area contributed by atoms with Gasteiger partial charge < -0.3 is 15.3 Å². The van der Waals surface area contributed by atoms with Crippen molar-refractivity contribution >= 4 is 5.97 Å². The van der Waals surface area contributed by atoms with Crippen molar-refractivity contribution in [3.8, 4) is 5.75 Å². The number of aliphatic hydroxyl groups excluding tert-OH is 1. The van der Waals surface area contributed by atoms with Crippen LogP contribution in [0.25, 0.3) is 0 Å². The van der Waals surface area contributed by atoms with Gasteiger partial charge in [-0.05, 0) is 97.8 Å². The van der Waals surface area contributed by atoms with Gasteiger partial charge in [0.25, 0.3) is 0 Å². The number of aryl methyl sites for hydroxylation is 1. The van der Waals surface area contributed by atoms with Crippen LogP contribution in [0.4, 0.5) is 0 Å². The first kappa shape index (κ1) is 25.8. The number of phenols is 1. The van der Waals surface area contributed by atoms with E-state index in [0.29, 0.717) is 17.6 Å². The summed E-state index contributed by atoms with van der Waals surface area (Å²) in [4.78, 5) is 10.1. The number of carbonyl (C=O) groups is 1. The monoisotopic (exact) mass is 456 g/mol. The number of hydrogen-bond acceptors (Lipinski definition) is 3. The van der Waals surface area contributed by atoms with Crippen LogP contribution in [0.1, 0.15) is 108 Å². The minimum atomic E-state index is -0.842. The van der Waals surface area contributed by atoms with Crippen molar-refractivity contribution in [1.29, 1.82) is 0 Å². The molecule has 0 radical (unpaired) electrons. The maximum absolute atomic E-state index is 10.4. The van der Waals surface area contributed by atoms with Gasteiger partial charge in [0, 0.05) is 6.08 Å². The van der Waals surface area contributed by atoms with Crippen LogP contribution in [0.2, 0.25) is 0 Å². The third kappa shape index (κ3) is 6.41. The van der Waals surface area contributed by atoms with Crippen molar-refractivity contribution in [2.75, 3.05) is 0 Å². The van der Waals surface area contributed by atoms with E-state index in [1.54, 1.807) is 6.08 Å². The van der Waals surface area contributed by atoms with E-state index in [2.05, 4.69) is 19.9 Å². The molecule has 0 amide bonds. The van der Waals surface area contributed by atoms with E-state index in [0.717, 1.165) is 38.0 Å². The molecule has 33 heavy (non-hydrogen) atoms. The Morgan fingerprint density at radius 1 is 1.09 bits per heavy atom. The summed E-state index contributed by atoms with van der Waals surface area (Å²) in [6.45, 7) is 4.52. The molecule has 3 N–H and O–H groups in total. The molecule has 0 bridgehead atoms. The Kier molecular flexibility index (Phi) is 9.43. The Morgan fingerprint density at radius 3 is 2.61 bits per heavy atom. The molecular weight excluding hydrogens is 412 g/mol. The Bertz CT molecular complexity index is 801. The maximum atomic E-state index is 10.4. The lowest BCUT2D eigenvalue weighted by atomic mass is 9.55. The zero-order valence-electron chi connectivity index (χ0n) is 20.6. The highest BCUT2D eigenvalue weighted by molar-refractivity contribution is 5.79. The molecule has 0 spiro atoms. The fraction of sp³-hybridized carbons (Fsp3) is 0.690. The predicted octanol–water partition coefficient (Wildman–Crippen LogP) is 6.99. The number of carboxylic acids is 1. The second kappa shape index (κ2) is 12.1. The highest BCUT2D eigenvalue weighted by Crippen LogP contribution is 2.60. The molecule has 0 aromatic heterocycles. The predicted molar refractivity (Wildman–Crippen MR) is 133 cm³/mol. The highest BCUT2D eigenvalue weighted by Gasteiger charge is 2.54. The zero-order valence-corrected chi connectivity index (χ0v) is 20.6. The summed E-state index contributed by atoms with van der Waals surface area (Å²) in [6, 6.07) is 5.96. The molecule has 184 valence electrons. The van der Waals surface area contributed by atoms with Crippen LogP contribution >= 0.6 is 0 Å². The number of aliphatic hydroxyl groups is 1. The number of allylic oxidation sites excluding steroid dienone is 1. The van der Waals surface area contributed by atoms with Gasteiger partial charge in [-0.2, -0.15) is 0 Å². The molecule has 2 fully saturated rings. The van der Waals surface area contributed by atoms with Crippen LogP contribution in [0.15, 0.2) is 30.4 Å². The number of fused-ring (bicyclic) bond motifs is 5. The summed E-state index contributed by atoms with van der Waals surface area (Å²) >= 11 is 0. The average Bonchev–Trinajstić information content (AvgIpc) is 3.10. The van der Waals surface area contributed by atoms with Gasteiger partial charge in [0.1, 0.15) is 5.75 Å². The van der Waals surface area contributed by atoms with Crippen molar-refractivity contribution in [1.82, 2.24) is 0 Å². The van der Waals surface area contributed by atoms with Gasteiger partial charge in [-0.25, -0.2) is 4.79 Å². The first-order valence-electron chi connectivity index (χ1n) is 13.3. The topological polar surface area (TPSA) is 77.8 Å². The van der Waals surface area contributed by atoms with E-state index < -0.39 is 5.97 Å². The summed E-state index contributed by atoms with van der Waals surface area (Å²) in [6.07, 6.45) is 18.2. The maximum Gasteiger partial charge on any atom is 0.327 e. The van der Waals surface area contributed by atoms with Crippen LogP contribution < -0.4 is 0 Å². The van der Waals surface area contributed by atoms with Crippen molar-refractivity contribution in [2.24, 2.45) is 17.3 Å². The quantitative estimate of drug-likeness (QED) is 0.291. The third-order valence-electron chi connectivity index (χ3n) is 8.64. The second-order valence-electron chi connectivity index (χ2n) is 10.7. The van der Waals surface area contributed by atoms with Crippen LogP contribution in [0.5, 0.6) is 5.75 Å². The molecule has 1 unspecified atom stereocenters. The van der Waals surface area contributed by atoms with Gasteiger partial charge in [-0.3, -0.25) is 0 Å². The van der Waals surface area contributed by atoms with Gasteiger partial charge in [0.05, 0.1) is 6.10 Å². The molecule has 0 saturated heterocycles. The van der Waals surface area contributed by atoms with Crippen molar-refractivity contribution < 1.29 is 20.1 Å². The number of aromatic hydroxyl groups is 1. The number of phenolic OH excluding ortho intramolecular Hbond substituents is 1. The van der Waals surface area contributed by atoms with E-state index in [1.165, 1.54) is 68.6 Å². The minimum absolute atomic E-state index is 0.0883. The van der Waals surface area contributed by atoms with E-state index in [1.807, 2.05) is 12.1 Å². The smallest absolute Gasteiger partial charge is 0.327 e. The lowest BCUT2D eigenvalue weighted by molar-refractivity contribution is -0.131. The Hall–Kier alpha value is -1.81. The summed E-state index contributed by atoms with van der Waals surface area (Å²) in [5, 5.41) is 28.3. The fourth-order valence-corrected chi connectivity index (χ4v) is 6.77. The number of hydrogen-bond donors (Lipinski definition) is 3. The average molecular weight is 457 g/mol. The van der Waals surface area contributed by atoms with Crippen LogP contribution in [-0.4, -0.2) is 27.4 Å². The van der Waals surface area contributed by atoms with E-state index in [-0.39, 0.29) is 11.5 Å². The molecule has 5 atom stereocenters. The van der Waals surface area contributed by atoms with E-state index in [4.69, 9.17) is 5.11 Å². The van der Waals surface area contributed by atoms with Crippen molar-refractivity contribution in [3.05, 3.63) is 41.5 Å². The standard InChI is InChI=1S/C18H24O2.C11H20O2/c1-18-9-8-14-13-5-3-12(19)10-11(13)2-4-15(14)16(18)6-7-17(18)20;1-2-3-4-5-6-7-8-9-10-11(12)13/h3,5,10,14-17,19-20H,2,4,6-9H2,1H3;9-10H,2-8H2,1H3,(H,12,13)/t14-,15-,16+,17?,18+;/m1./s1. The fourth-order valence-electron chi connectivity index (χ4n) is 6.77. The molecule has 4 heteroatoms. The minimum Gasteiger partial charge on any atom is -0.508 e. The Labute approximate surface area is 200 Å². The molecule has 2 saturated carbocycles. The Morgan fingerprint density at radius 2 is 1.85 bits per heavy atom. The first-order chi connectivity index (χ1) is 15.9. The summed E-state index contributed by atoms with van der Waals surface area (Å²) < 4.78 is 0. The summed E-state index contributed by atoms with van der Waals surface area (Å²) in [7, 11) is 0. The SMILES string of the molecule is CCCCCCCCC=CC(=O)O.C[C@]12CC[C@@H]3c4ccc(O)cc4CC[C@H]3[C@@H]1CCC2O. The number of benzene rings is 1. The molecular formula is C29H44O4. The molecule has 0 heterocycles. The van der Waals surface area contributed by atoms with Gasteiger partial charge in [0.2, 0.25) is 0 Å². The largest absolute Gasteiger partial charge is 0.508 e. The van der Waals surface area contributed by atoms with Gasteiger partial charge in [-0.15, -0.1) is 0 Å². The molecule has 3 aliphatic carbocycles. The van der Waals surface area contributed by atoms with Gasteiger partial charge in [-0.1, -0.05) is 58.1 Å². The Balaban J connectivity index is 0.000000207.